The first kappa shape index (κ1) is 15.8. The number of nitrogens with zero attached hydrogens (tertiary/aromatic N) is 1. The van der Waals surface area contributed by atoms with Crippen molar-refractivity contribution in [1.82, 2.24) is 4.31 Å². The highest BCUT2D eigenvalue weighted by atomic mass is 79.9. The van der Waals surface area contributed by atoms with Gasteiger partial charge in [0, 0.05) is 29.4 Å². The predicted molar refractivity (Wildman–Crippen MR) is 81.8 cm³/mol. The fourth-order valence-electron chi connectivity index (χ4n) is 2.58. The Labute approximate surface area is 128 Å². The third-order valence-corrected chi connectivity index (χ3v) is 6.51. The van der Waals surface area contributed by atoms with Crippen molar-refractivity contribution < 1.29 is 13.5 Å². The Bertz CT molecular complexity index is 577. The van der Waals surface area contributed by atoms with Crippen molar-refractivity contribution in [3.05, 3.63) is 22.7 Å². The van der Waals surface area contributed by atoms with Crippen molar-refractivity contribution in [3.8, 4) is 0 Å². The summed E-state index contributed by atoms with van der Waals surface area (Å²) in [4.78, 5) is 0.216. The molecule has 1 aromatic carbocycles. The van der Waals surface area contributed by atoms with Crippen LogP contribution in [0.25, 0.3) is 0 Å². The number of nitrogens with two attached hydrogens (primary N) is 1. The van der Waals surface area contributed by atoms with E-state index >= 15 is 0 Å². The Balaban J connectivity index is 2.31. The molecule has 0 bridgehead atoms. The maximum Gasteiger partial charge on any atom is 0.244 e. The molecule has 5 nitrogen and oxygen atoms in total. The molecule has 1 saturated heterocycles. The van der Waals surface area contributed by atoms with Gasteiger partial charge in [0.2, 0.25) is 10.0 Å². The molecule has 1 heterocycles. The largest absolute Gasteiger partial charge is 0.399 e. The molecule has 1 aliphatic heterocycles. The van der Waals surface area contributed by atoms with Gasteiger partial charge < -0.3 is 10.8 Å². The number of nitrogen functional groups attached to an aromatic ring is 1. The van der Waals surface area contributed by atoms with Crippen molar-refractivity contribution in [3.63, 3.8) is 0 Å². The van der Waals surface area contributed by atoms with Gasteiger partial charge in [0.15, 0.2) is 0 Å². The second-order valence-corrected chi connectivity index (χ2v) is 7.68. The summed E-state index contributed by atoms with van der Waals surface area (Å²) in [6.07, 6.45) is 3.01. The van der Waals surface area contributed by atoms with Crippen molar-refractivity contribution in [2.45, 2.75) is 36.6 Å². The number of hydrogen-bond donors (Lipinski definition) is 2. The van der Waals surface area contributed by atoms with Gasteiger partial charge in [-0.3, -0.25) is 0 Å². The van der Waals surface area contributed by atoms with Crippen LogP contribution in [-0.2, 0) is 10.0 Å². The van der Waals surface area contributed by atoms with Crippen molar-refractivity contribution >= 4 is 31.6 Å². The van der Waals surface area contributed by atoms with E-state index in [1.807, 2.05) is 0 Å². The molecule has 1 fully saturated rings. The molecule has 3 N–H and O–H groups in total. The summed E-state index contributed by atoms with van der Waals surface area (Å²) in [5, 5.41) is 8.92. The zero-order chi connectivity index (χ0) is 14.8. The fourth-order valence-corrected chi connectivity index (χ4v) is 5.27. The minimum absolute atomic E-state index is 0.0273. The van der Waals surface area contributed by atoms with E-state index in [4.69, 9.17) is 10.8 Å². The SMILES string of the molecule is Nc1ccc(Br)c(S(=O)(=O)N2CCCC2CCCO)c1. The molecule has 112 valence electrons. The summed E-state index contributed by atoms with van der Waals surface area (Å²) in [5.41, 5.74) is 6.13. The molecular formula is C13H19BrN2O3S. The highest BCUT2D eigenvalue weighted by Crippen LogP contribution is 2.32. The van der Waals surface area contributed by atoms with Crippen LogP contribution in [0.15, 0.2) is 27.6 Å². The summed E-state index contributed by atoms with van der Waals surface area (Å²) in [6.45, 7) is 0.617. The van der Waals surface area contributed by atoms with Crippen LogP contribution in [-0.4, -0.2) is 37.0 Å². The molecule has 0 radical (unpaired) electrons. The van der Waals surface area contributed by atoms with E-state index in [1.54, 1.807) is 16.4 Å². The first-order valence-corrected chi connectivity index (χ1v) is 8.88. The molecule has 2 rings (SSSR count). The number of halogens is 1. The summed E-state index contributed by atoms with van der Waals surface area (Å²) >= 11 is 3.28. The van der Waals surface area contributed by atoms with Gasteiger partial charge in [0.05, 0.1) is 4.90 Å². The van der Waals surface area contributed by atoms with E-state index < -0.39 is 10.0 Å². The van der Waals surface area contributed by atoms with Gasteiger partial charge in [-0.25, -0.2) is 8.42 Å². The molecule has 7 heteroatoms. The number of sulfonamides is 1. The molecule has 0 spiro atoms. The van der Waals surface area contributed by atoms with E-state index in [0.29, 0.717) is 29.5 Å². The molecule has 20 heavy (non-hydrogen) atoms. The van der Waals surface area contributed by atoms with Crippen LogP contribution in [0.1, 0.15) is 25.7 Å². The Morgan fingerprint density at radius 1 is 1.45 bits per heavy atom. The van der Waals surface area contributed by atoms with Crippen LogP contribution in [0.5, 0.6) is 0 Å². The normalized spacial score (nSPS) is 20.4. The van der Waals surface area contributed by atoms with Gasteiger partial charge in [-0.1, -0.05) is 0 Å². The second kappa shape index (κ2) is 6.43. The van der Waals surface area contributed by atoms with E-state index in [9.17, 15) is 8.42 Å². The van der Waals surface area contributed by atoms with Gasteiger partial charge >= 0.3 is 0 Å². The lowest BCUT2D eigenvalue weighted by atomic mass is 10.1. The Morgan fingerprint density at radius 2 is 2.20 bits per heavy atom. The van der Waals surface area contributed by atoms with E-state index in [2.05, 4.69) is 15.9 Å². The number of rotatable bonds is 5. The maximum atomic E-state index is 12.8. The third-order valence-electron chi connectivity index (χ3n) is 3.56. The molecular weight excluding hydrogens is 344 g/mol. The molecule has 0 saturated carbocycles. The van der Waals surface area contributed by atoms with Gasteiger partial charge in [-0.05, 0) is 59.8 Å². The summed E-state index contributed by atoms with van der Waals surface area (Å²) in [5.74, 6) is 0. The zero-order valence-electron chi connectivity index (χ0n) is 11.1. The second-order valence-electron chi connectivity index (χ2n) is 4.97. The number of anilines is 1. The molecule has 0 amide bonds. The van der Waals surface area contributed by atoms with E-state index in [0.717, 1.165) is 12.8 Å². The van der Waals surface area contributed by atoms with E-state index in [1.165, 1.54) is 6.07 Å². The molecule has 1 aromatic rings. The Morgan fingerprint density at radius 3 is 2.90 bits per heavy atom. The number of aliphatic hydroxyl groups is 1. The highest BCUT2D eigenvalue weighted by Gasteiger charge is 2.35. The maximum absolute atomic E-state index is 12.8. The number of benzene rings is 1. The molecule has 1 unspecified atom stereocenters. The molecule has 0 aliphatic carbocycles. The lowest BCUT2D eigenvalue weighted by molar-refractivity contribution is 0.264. The summed E-state index contributed by atoms with van der Waals surface area (Å²) < 4.78 is 27.6. The smallest absolute Gasteiger partial charge is 0.244 e. The van der Waals surface area contributed by atoms with Crippen molar-refractivity contribution in [1.29, 1.82) is 0 Å². The number of hydrogen-bond acceptors (Lipinski definition) is 4. The predicted octanol–water partition coefficient (Wildman–Crippen LogP) is 1.96. The highest BCUT2D eigenvalue weighted by molar-refractivity contribution is 9.10. The van der Waals surface area contributed by atoms with Gasteiger partial charge in [-0.15, -0.1) is 0 Å². The van der Waals surface area contributed by atoms with Crippen LogP contribution >= 0.6 is 15.9 Å². The molecule has 1 atom stereocenters. The van der Waals surface area contributed by atoms with Crippen LogP contribution < -0.4 is 5.73 Å². The molecule has 0 aromatic heterocycles. The minimum Gasteiger partial charge on any atom is -0.399 e. The first-order chi connectivity index (χ1) is 9.46. The summed E-state index contributed by atoms with van der Waals surface area (Å²) in [7, 11) is -3.55. The lowest BCUT2D eigenvalue weighted by Crippen LogP contribution is -2.35. The van der Waals surface area contributed by atoms with Gasteiger partial charge in [0.1, 0.15) is 0 Å². The first-order valence-electron chi connectivity index (χ1n) is 6.64. The third kappa shape index (κ3) is 3.16. The Kier molecular flexibility index (Phi) is 5.06. The van der Waals surface area contributed by atoms with Gasteiger partial charge in [0.25, 0.3) is 0 Å². The van der Waals surface area contributed by atoms with Gasteiger partial charge in [-0.2, -0.15) is 4.31 Å². The molecule has 1 aliphatic rings. The Hall–Kier alpha value is -0.630. The zero-order valence-corrected chi connectivity index (χ0v) is 13.5. The minimum atomic E-state index is -3.55. The summed E-state index contributed by atoms with van der Waals surface area (Å²) in [6, 6.07) is 4.78. The quantitative estimate of drug-likeness (QED) is 0.784. The monoisotopic (exact) mass is 362 g/mol. The van der Waals surface area contributed by atoms with Crippen molar-refractivity contribution in [2.75, 3.05) is 18.9 Å². The number of aliphatic hydroxyl groups excluding tert-OH is 1. The van der Waals surface area contributed by atoms with Crippen LogP contribution in [0.4, 0.5) is 5.69 Å². The standard InChI is InChI=1S/C13H19BrN2O3S/c14-12-6-5-10(15)9-13(12)20(18,19)16-7-1-3-11(16)4-2-8-17/h5-6,9,11,17H,1-4,7-8,15H2. The fraction of sp³-hybridized carbons (Fsp3) is 0.538. The average molecular weight is 363 g/mol. The topological polar surface area (TPSA) is 83.6 Å². The van der Waals surface area contributed by atoms with E-state index in [-0.39, 0.29) is 17.5 Å². The van der Waals surface area contributed by atoms with Crippen LogP contribution in [0.2, 0.25) is 0 Å². The van der Waals surface area contributed by atoms with Crippen LogP contribution in [0.3, 0.4) is 0 Å². The van der Waals surface area contributed by atoms with Crippen molar-refractivity contribution in [2.24, 2.45) is 0 Å². The lowest BCUT2D eigenvalue weighted by Gasteiger charge is -2.24. The van der Waals surface area contributed by atoms with Crippen LogP contribution in [0, 0.1) is 0 Å². The average Bonchev–Trinajstić information content (AvgIpc) is 2.88.